The molecule has 1 saturated heterocycles. The summed E-state index contributed by atoms with van der Waals surface area (Å²) < 4.78 is 7.92. The number of hydrogen-bond donors (Lipinski definition) is 1. The van der Waals surface area contributed by atoms with Crippen molar-refractivity contribution in [2.24, 2.45) is 7.05 Å². The smallest absolute Gasteiger partial charge is 0.122 e. The first kappa shape index (κ1) is 17.0. The first-order valence-corrected chi connectivity index (χ1v) is 8.56. The number of β-amino-alcohol motifs (C(OH)–C–C–N with tert-alkyl or cyclic N) is 1. The topological polar surface area (TPSA) is 50.5 Å². The molecule has 0 saturated carbocycles. The lowest BCUT2D eigenvalue weighted by atomic mass is 9.93. The Kier molecular flexibility index (Phi) is 4.92. The van der Waals surface area contributed by atoms with Crippen LogP contribution in [0.1, 0.15) is 29.8 Å². The van der Waals surface area contributed by atoms with Crippen LogP contribution in [0.5, 0.6) is 5.75 Å². The van der Waals surface area contributed by atoms with Gasteiger partial charge in [-0.1, -0.05) is 6.07 Å². The van der Waals surface area contributed by atoms with Gasteiger partial charge in [0.2, 0.25) is 0 Å². The fraction of sp³-hybridized carbons (Fsp3) is 0.526. The lowest BCUT2D eigenvalue weighted by Crippen LogP contribution is -2.51. The number of benzene rings is 1. The van der Waals surface area contributed by atoms with E-state index < -0.39 is 5.60 Å². The Labute approximate surface area is 143 Å². The second-order valence-electron chi connectivity index (χ2n) is 7.03. The predicted molar refractivity (Wildman–Crippen MR) is 94.1 cm³/mol. The van der Waals surface area contributed by atoms with E-state index in [0.717, 1.165) is 37.5 Å². The average Bonchev–Trinajstić information content (AvgIpc) is 2.94. The molecule has 1 N–H and O–H groups in total. The Morgan fingerprint density at radius 1 is 1.29 bits per heavy atom. The van der Waals surface area contributed by atoms with Gasteiger partial charge in [0, 0.05) is 26.0 Å². The summed E-state index contributed by atoms with van der Waals surface area (Å²) in [6, 6.07) is 6.07. The molecule has 0 aliphatic carbocycles. The fourth-order valence-corrected chi connectivity index (χ4v) is 3.23. The summed E-state index contributed by atoms with van der Waals surface area (Å²) in [5.41, 5.74) is 1.65. The molecule has 3 rings (SSSR count). The highest BCUT2D eigenvalue weighted by atomic mass is 16.5. The van der Waals surface area contributed by atoms with Gasteiger partial charge in [-0.2, -0.15) is 0 Å². The molecule has 1 aliphatic rings. The first-order valence-electron chi connectivity index (χ1n) is 8.56. The molecule has 1 aromatic heterocycles. The molecule has 24 heavy (non-hydrogen) atoms. The van der Waals surface area contributed by atoms with Gasteiger partial charge in [-0.15, -0.1) is 0 Å². The summed E-state index contributed by atoms with van der Waals surface area (Å²) in [7, 11) is 2.00. The van der Waals surface area contributed by atoms with Crippen LogP contribution in [0.2, 0.25) is 0 Å². The van der Waals surface area contributed by atoms with E-state index in [0.29, 0.717) is 13.2 Å². The second kappa shape index (κ2) is 6.95. The first-order chi connectivity index (χ1) is 11.5. The van der Waals surface area contributed by atoms with E-state index in [-0.39, 0.29) is 0 Å². The summed E-state index contributed by atoms with van der Waals surface area (Å²) in [4.78, 5) is 6.64. The summed E-state index contributed by atoms with van der Waals surface area (Å²) >= 11 is 0. The molecule has 1 aliphatic heterocycles. The van der Waals surface area contributed by atoms with Gasteiger partial charge in [0.25, 0.3) is 0 Å². The molecule has 5 nitrogen and oxygen atoms in total. The number of aliphatic hydroxyl groups is 1. The number of piperidine rings is 1. The lowest BCUT2D eigenvalue weighted by molar-refractivity contribution is -0.0627. The SMILES string of the molecule is Cc1ccc(OCC2(O)CCCN(Cc3nccn3C)C2)cc1C. The van der Waals surface area contributed by atoms with Gasteiger partial charge in [-0.25, -0.2) is 4.98 Å². The van der Waals surface area contributed by atoms with Crippen molar-refractivity contribution in [1.29, 1.82) is 0 Å². The molecule has 1 unspecified atom stereocenters. The minimum atomic E-state index is -0.803. The van der Waals surface area contributed by atoms with E-state index in [9.17, 15) is 5.11 Å². The Bertz CT molecular complexity index is 698. The van der Waals surface area contributed by atoms with E-state index >= 15 is 0 Å². The van der Waals surface area contributed by atoms with Gasteiger partial charge in [0.05, 0.1) is 6.54 Å². The van der Waals surface area contributed by atoms with Crippen molar-refractivity contribution in [3.8, 4) is 5.75 Å². The van der Waals surface area contributed by atoms with Crippen molar-refractivity contribution in [3.05, 3.63) is 47.5 Å². The summed E-state index contributed by atoms with van der Waals surface area (Å²) in [6.07, 6.45) is 5.51. The third-order valence-electron chi connectivity index (χ3n) is 4.91. The van der Waals surface area contributed by atoms with Crippen LogP contribution in [0, 0.1) is 13.8 Å². The maximum atomic E-state index is 10.9. The molecule has 2 aromatic rings. The van der Waals surface area contributed by atoms with Crippen molar-refractivity contribution in [1.82, 2.24) is 14.5 Å². The maximum Gasteiger partial charge on any atom is 0.122 e. The molecular formula is C19H27N3O2. The van der Waals surface area contributed by atoms with E-state index in [4.69, 9.17) is 4.74 Å². The number of aromatic nitrogens is 2. The van der Waals surface area contributed by atoms with Crippen LogP contribution >= 0.6 is 0 Å². The normalized spacial score (nSPS) is 21.8. The van der Waals surface area contributed by atoms with Crippen molar-refractivity contribution < 1.29 is 9.84 Å². The van der Waals surface area contributed by atoms with Gasteiger partial charge in [-0.05, 0) is 56.5 Å². The van der Waals surface area contributed by atoms with Gasteiger partial charge >= 0.3 is 0 Å². The Morgan fingerprint density at radius 2 is 2.12 bits per heavy atom. The largest absolute Gasteiger partial charge is 0.491 e. The zero-order valence-electron chi connectivity index (χ0n) is 14.8. The van der Waals surface area contributed by atoms with Gasteiger partial charge < -0.3 is 14.4 Å². The van der Waals surface area contributed by atoms with Gasteiger partial charge in [0.1, 0.15) is 23.8 Å². The summed E-state index contributed by atoms with van der Waals surface area (Å²) in [5.74, 6) is 1.85. The van der Waals surface area contributed by atoms with E-state index in [2.05, 4.69) is 29.8 Å². The Hall–Kier alpha value is -1.85. The third kappa shape index (κ3) is 3.97. The molecule has 0 spiro atoms. The number of ether oxygens (including phenoxy) is 1. The summed E-state index contributed by atoms with van der Waals surface area (Å²) in [5, 5.41) is 10.9. The third-order valence-corrected chi connectivity index (χ3v) is 4.91. The highest BCUT2D eigenvalue weighted by molar-refractivity contribution is 5.33. The molecule has 1 fully saturated rings. The zero-order valence-corrected chi connectivity index (χ0v) is 14.8. The molecule has 2 heterocycles. The molecule has 1 aromatic carbocycles. The van der Waals surface area contributed by atoms with Gasteiger partial charge in [-0.3, -0.25) is 4.90 Å². The average molecular weight is 329 g/mol. The van der Waals surface area contributed by atoms with Gasteiger partial charge in [0.15, 0.2) is 0 Å². The minimum absolute atomic E-state index is 0.326. The monoisotopic (exact) mass is 329 g/mol. The van der Waals surface area contributed by atoms with E-state index in [1.165, 1.54) is 11.1 Å². The van der Waals surface area contributed by atoms with Crippen molar-refractivity contribution >= 4 is 0 Å². The Morgan fingerprint density at radius 3 is 2.83 bits per heavy atom. The standard InChI is InChI=1S/C19H27N3O2/c1-15-5-6-17(11-16(15)2)24-14-19(23)7-4-9-22(13-19)12-18-20-8-10-21(18)3/h5-6,8,10-11,23H,4,7,9,12-14H2,1-3H3. The molecule has 0 radical (unpaired) electrons. The van der Waals surface area contributed by atoms with Crippen molar-refractivity contribution in [2.75, 3.05) is 19.7 Å². The number of rotatable bonds is 5. The van der Waals surface area contributed by atoms with Crippen LogP contribution in [0.4, 0.5) is 0 Å². The van der Waals surface area contributed by atoms with Crippen LogP contribution in [-0.2, 0) is 13.6 Å². The molecule has 130 valence electrons. The molecule has 0 bridgehead atoms. The predicted octanol–water partition coefficient (Wildman–Crippen LogP) is 2.44. The van der Waals surface area contributed by atoms with Crippen LogP contribution in [0.3, 0.4) is 0 Å². The van der Waals surface area contributed by atoms with E-state index in [1.54, 1.807) is 0 Å². The molecular weight excluding hydrogens is 302 g/mol. The maximum absolute atomic E-state index is 10.9. The highest BCUT2D eigenvalue weighted by Crippen LogP contribution is 2.24. The van der Waals surface area contributed by atoms with Crippen molar-refractivity contribution in [2.45, 2.75) is 38.8 Å². The lowest BCUT2D eigenvalue weighted by Gasteiger charge is -2.38. The second-order valence-corrected chi connectivity index (χ2v) is 7.03. The highest BCUT2D eigenvalue weighted by Gasteiger charge is 2.34. The van der Waals surface area contributed by atoms with Crippen LogP contribution in [0.15, 0.2) is 30.6 Å². The fourth-order valence-electron chi connectivity index (χ4n) is 3.23. The number of likely N-dealkylation sites (tertiary alicyclic amines) is 1. The number of imidazole rings is 1. The van der Waals surface area contributed by atoms with Crippen molar-refractivity contribution in [3.63, 3.8) is 0 Å². The molecule has 1 atom stereocenters. The van der Waals surface area contributed by atoms with E-state index in [1.807, 2.05) is 36.1 Å². The summed E-state index contributed by atoms with van der Waals surface area (Å²) in [6.45, 7) is 6.85. The van der Waals surface area contributed by atoms with Crippen LogP contribution in [-0.4, -0.2) is 44.9 Å². The zero-order chi connectivity index (χ0) is 17.2. The number of hydrogen-bond acceptors (Lipinski definition) is 4. The number of aryl methyl sites for hydroxylation is 3. The minimum Gasteiger partial charge on any atom is -0.491 e. The molecule has 0 amide bonds. The van der Waals surface area contributed by atoms with Crippen LogP contribution < -0.4 is 4.74 Å². The quantitative estimate of drug-likeness (QED) is 0.915. The number of nitrogens with zero attached hydrogens (tertiary/aromatic N) is 3. The van der Waals surface area contributed by atoms with Crippen LogP contribution in [0.25, 0.3) is 0 Å². The molecule has 5 heteroatoms. The Balaban J connectivity index is 1.59.